The molecule has 2 rings (SSSR count). The molecule has 0 aromatic heterocycles. The highest BCUT2D eigenvalue weighted by Gasteiger charge is 2.14. The molecule has 8 heteroatoms. The Kier molecular flexibility index (Phi) is 5.53. The fraction of sp³-hybridized carbons (Fsp3) is 0.188. The van der Waals surface area contributed by atoms with E-state index in [4.69, 9.17) is 9.88 Å². The number of anilines is 1. The van der Waals surface area contributed by atoms with Crippen molar-refractivity contribution in [1.29, 1.82) is 0 Å². The molecular formula is C16H17FN2O4S. The average molecular weight is 352 g/mol. The maximum Gasteiger partial charge on any atom is 0.238 e. The summed E-state index contributed by atoms with van der Waals surface area (Å²) in [4.78, 5) is 11.9. The molecule has 128 valence electrons. The molecule has 3 N–H and O–H groups in total. The first-order valence-electron chi connectivity index (χ1n) is 7.05. The molecule has 0 fully saturated rings. The maximum atomic E-state index is 12.8. The first kappa shape index (κ1) is 17.9. The minimum Gasteiger partial charge on any atom is -0.495 e. The van der Waals surface area contributed by atoms with Gasteiger partial charge >= 0.3 is 0 Å². The van der Waals surface area contributed by atoms with E-state index in [1.54, 1.807) is 12.1 Å². The van der Waals surface area contributed by atoms with Crippen LogP contribution in [-0.4, -0.2) is 21.4 Å². The molecule has 0 spiro atoms. The van der Waals surface area contributed by atoms with Crippen molar-refractivity contribution in [3.63, 3.8) is 0 Å². The van der Waals surface area contributed by atoms with E-state index in [-0.39, 0.29) is 28.7 Å². The summed E-state index contributed by atoms with van der Waals surface area (Å²) in [7, 11) is -2.48. The number of sulfonamides is 1. The van der Waals surface area contributed by atoms with Gasteiger partial charge in [-0.05, 0) is 42.3 Å². The molecule has 0 aliphatic carbocycles. The highest BCUT2D eigenvalue weighted by Crippen LogP contribution is 2.27. The lowest BCUT2D eigenvalue weighted by molar-refractivity contribution is -0.116. The van der Waals surface area contributed by atoms with Gasteiger partial charge in [-0.25, -0.2) is 17.9 Å². The van der Waals surface area contributed by atoms with Gasteiger partial charge in [-0.1, -0.05) is 12.1 Å². The number of hydrogen-bond acceptors (Lipinski definition) is 4. The Morgan fingerprint density at radius 3 is 2.46 bits per heavy atom. The third-order valence-corrected chi connectivity index (χ3v) is 4.24. The summed E-state index contributed by atoms with van der Waals surface area (Å²) < 4.78 is 40.7. The number of halogens is 1. The van der Waals surface area contributed by atoms with Crippen LogP contribution in [0.2, 0.25) is 0 Å². The Hall–Kier alpha value is -2.45. The van der Waals surface area contributed by atoms with E-state index in [0.29, 0.717) is 12.2 Å². The molecule has 0 saturated heterocycles. The highest BCUT2D eigenvalue weighted by molar-refractivity contribution is 7.89. The number of amides is 1. The Morgan fingerprint density at radius 1 is 1.21 bits per heavy atom. The zero-order valence-electron chi connectivity index (χ0n) is 13.0. The second kappa shape index (κ2) is 7.41. The predicted octanol–water partition coefficient (Wildman–Crippen LogP) is 2.05. The number of ether oxygens (including phenoxy) is 1. The Bertz CT molecular complexity index is 836. The maximum absolute atomic E-state index is 12.8. The van der Waals surface area contributed by atoms with Crippen molar-refractivity contribution in [1.82, 2.24) is 0 Å². The van der Waals surface area contributed by atoms with Crippen molar-refractivity contribution in [3.8, 4) is 5.75 Å². The highest BCUT2D eigenvalue weighted by atomic mass is 32.2. The van der Waals surface area contributed by atoms with Crippen LogP contribution >= 0.6 is 0 Å². The average Bonchev–Trinajstić information content (AvgIpc) is 2.53. The van der Waals surface area contributed by atoms with Gasteiger partial charge in [0.25, 0.3) is 0 Å². The number of aryl methyl sites for hydroxylation is 1. The van der Waals surface area contributed by atoms with Gasteiger partial charge in [0.1, 0.15) is 11.6 Å². The first-order valence-corrected chi connectivity index (χ1v) is 8.59. The minimum absolute atomic E-state index is 0.128. The van der Waals surface area contributed by atoms with E-state index in [9.17, 15) is 17.6 Å². The fourth-order valence-electron chi connectivity index (χ4n) is 2.08. The van der Waals surface area contributed by atoms with Gasteiger partial charge in [0.2, 0.25) is 15.9 Å². The van der Waals surface area contributed by atoms with Crippen LogP contribution in [0.3, 0.4) is 0 Å². The molecule has 0 heterocycles. The molecule has 2 aromatic carbocycles. The smallest absolute Gasteiger partial charge is 0.238 e. The van der Waals surface area contributed by atoms with Gasteiger partial charge in [0.05, 0.1) is 17.7 Å². The van der Waals surface area contributed by atoms with Crippen LogP contribution in [-0.2, 0) is 21.2 Å². The molecule has 0 atom stereocenters. The lowest BCUT2D eigenvalue weighted by atomic mass is 10.1. The van der Waals surface area contributed by atoms with Crippen LogP contribution in [0.5, 0.6) is 5.75 Å². The second-order valence-corrected chi connectivity index (χ2v) is 6.64. The van der Waals surface area contributed by atoms with Crippen molar-refractivity contribution in [2.75, 3.05) is 12.4 Å². The monoisotopic (exact) mass is 352 g/mol. The van der Waals surface area contributed by atoms with E-state index >= 15 is 0 Å². The lowest BCUT2D eigenvalue weighted by Gasteiger charge is -2.11. The van der Waals surface area contributed by atoms with Crippen LogP contribution in [0.1, 0.15) is 12.0 Å². The van der Waals surface area contributed by atoms with Gasteiger partial charge in [-0.3, -0.25) is 4.79 Å². The third kappa shape index (κ3) is 4.77. The Morgan fingerprint density at radius 2 is 1.88 bits per heavy atom. The number of rotatable bonds is 6. The van der Waals surface area contributed by atoms with Crippen LogP contribution in [0.15, 0.2) is 47.4 Å². The zero-order valence-corrected chi connectivity index (χ0v) is 13.8. The van der Waals surface area contributed by atoms with Gasteiger partial charge in [-0.2, -0.15) is 0 Å². The predicted molar refractivity (Wildman–Crippen MR) is 87.7 cm³/mol. The number of carbonyl (C=O) groups is 1. The SMILES string of the molecule is COc1ccc(S(N)(=O)=O)cc1NC(=O)CCc1ccc(F)cc1. The molecule has 0 saturated carbocycles. The third-order valence-electron chi connectivity index (χ3n) is 3.33. The molecule has 0 bridgehead atoms. The van der Waals surface area contributed by atoms with E-state index in [1.165, 1.54) is 37.4 Å². The van der Waals surface area contributed by atoms with Crippen LogP contribution in [0.25, 0.3) is 0 Å². The number of primary sulfonamides is 1. The van der Waals surface area contributed by atoms with E-state index in [2.05, 4.69) is 5.32 Å². The van der Waals surface area contributed by atoms with Gasteiger partial charge in [0, 0.05) is 6.42 Å². The van der Waals surface area contributed by atoms with Crippen molar-refractivity contribution < 1.29 is 22.3 Å². The normalized spacial score (nSPS) is 11.1. The Labute approximate surface area is 139 Å². The summed E-state index contributed by atoms with van der Waals surface area (Å²) in [5, 5.41) is 7.68. The molecule has 1 amide bonds. The molecule has 6 nitrogen and oxygen atoms in total. The van der Waals surface area contributed by atoms with Crippen LogP contribution in [0.4, 0.5) is 10.1 Å². The molecule has 0 aliphatic rings. The summed E-state index contributed by atoms with van der Waals surface area (Å²) in [6.45, 7) is 0. The van der Waals surface area contributed by atoms with Crippen molar-refractivity contribution in [2.24, 2.45) is 5.14 Å². The Balaban J connectivity index is 2.08. The molecule has 24 heavy (non-hydrogen) atoms. The van der Waals surface area contributed by atoms with E-state index in [0.717, 1.165) is 5.56 Å². The number of hydrogen-bond donors (Lipinski definition) is 2. The molecule has 0 aliphatic heterocycles. The number of nitrogens with one attached hydrogen (secondary N) is 1. The van der Waals surface area contributed by atoms with Gasteiger partial charge in [-0.15, -0.1) is 0 Å². The van der Waals surface area contributed by atoms with Crippen molar-refractivity contribution in [2.45, 2.75) is 17.7 Å². The van der Waals surface area contributed by atoms with E-state index < -0.39 is 10.0 Å². The molecule has 0 unspecified atom stereocenters. The van der Waals surface area contributed by atoms with Gasteiger partial charge in [0.15, 0.2) is 0 Å². The van der Waals surface area contributed by atoms with Crippen LogP contribution < -0.4 is 15.2 Å². The number of methoxy groups -OCH3 is 1. The summed E-state index contributed by atoms with van der Waals surface area (Å²) in [5.74, 6) is -0.352. The van der Waals surface area contributed by atoms with Crippen molar-refractivity contribution in [3.05, 3.63) is 53.8 Å². The van der Waals surface area contributed by atoms with Crippen LogP contribution in [0, 0.1) is 5.82 Å². The fourth-order valence-corrected chi connectivity index (χ4v) is 2.62. The standard InChI is InChI=1S/C16H17FN2O4S/c1-23-15-8-7-13(24(18,21)22)10-14(15)19-16(20)9-4-11-2-5-12(17)6-3-11/h2-3,5-8,10H,4,9H2,1H3,(H,19,20)(H2,18,21,22). The second-order valence-electron chi connectivity index (χ2n) is 5.08. The number of nitrogens with two attached hydrogens (primary N) is 1. The summed E-state index contributed by atoms with van der Waals surface area (Å²) >= 11 is 0. The molecular weight excluding hydrogens is 335 g/mol. The molecule has 0 radical (unpaired) electrons. The van der Waals surface area contributed by atoms with Crippen molar-refractivity contribution >= 4 is 21.6 Å². The number of carbonyl (C=O) groups excluding carboxylic acids is 1. The first-order chi connectivity index (χ1) is 11.3. The van der Waals surface area contributed by atoms with E-state index in [1.807, 2.05) is 0 Å². The molecule has 2 aromatic rings. The summed E-state index contributed by atoms with van der Waals surface area (Å²) in [6, 6.07) is 9.80. The number of benzene rings is 2. The minimum atomic E-state index is -3.89. The topological polar surface area (TPSA) is 98.5 Å². The largest absolute Gasteiger partial charge is 0.495 e. The summed E-state index contributed by atoms with van der Waals surface area (Å²) in [6.07, 6.45) is 0.567. The van der Waals surface area contributed by atoms with Gasteiger partial charge < -0.3 is 10.1 Å². The quantitative estimate of drug-likeness (QED) is 0.831. The summed E-state index contributed by atoms with van der Waals surface area (Å²) in [5.41, 5.74) is 1.03. The lowest BCUT2D eigenvalue weighted by Crippen LogP contribution is -2.15. The zero-order chi connectivity index (χ0) is 17.7.